The molecule has 2 unspecified atom stereocenters. The molecule has 1 aliphatic heterocycles. The van der Waals surface area contributed by atoms with E-state index in [1.54, 1.807) is 24.3 Å². The molecule has 142 valence electrons. The van der Waals surface area contributed by atoms with Gasteiger partial charge in [0.25, 0.3) is 5.91 Å². The number of ether oxygens (including phenoxy) is 1. The summed E-state index contributed by atoms with van der Waals surface area (Å²) in [6.45, 7) is 1.25. The van der Waals surface area contributed by atoms with Crippen LogP contribution in [0.1, 0.15) is 41.2 Å². The second kappa shape index (κ2) is 9.53. The molecule has 1 saturated heterocycles. The number of hydrogen-bond acceptors (Lipinski definition) is 3. The van der Waals surface area contributed by atoms with Crippen LogP contribution >= 0.6 is 11.6 Å². The minimum absolute atomic E-state index is 0.0850. The Balaban J connectivity index is 1.66. The van der Waals surface area contributed by atoms with Gasteiger partial charge in [-0.1, -0.05) is 54.1 Å². The van der Waals surface area contributed by atoms with Gasteiger partial charge in [-0.15, -0.1) is 0 Å². The predicted octanol–water partition coefficient (Wildman–Crippen LogP) is 3.50. The van der Waals surface area contributed by atoms with Crippen LogP contribution in [0.3, 0.4) is 0 Å². The van der Waals surface area contributed by atoms with Gasteiger partial charge in [-0.25, -0.2) is 0 Å². The summed E-state index contributed by atoms with van der Waals surface area (Å²) in [5, 5.41) is 6.22. The van der Waals surface area contributed by atoms with E-state index in [1.165, 1.54) is 0 Å². The van der Waals surface area contributed by atoms with Gasteiger partial charge in [0.1, 0.15) is 0 Å². The molecule has 2 aromatic carbocycles. The molecule has 6 heteroatoms. The maximum atomic E-state index is 12.7. The van der Waals surface area contributed by atoms with Crippen molar-refractivity contribution in [2.24, 2.45) is 0 Å². The number of carbonyl (C=O) groups excluding carboxylic acids is 2. The topological polar surface area (TPSA) is 67.4 Å². The average Bonchev–Trinajstić information content (AvgIpc) is 3.20. The van der Waals surface area contributed by atoms with Crippen LogP contribution < -0.4 is 10.6 Å². The van der Waals surface area contributed by atoms with E-state index < -0.39 is 6.04 Å². The van der Waals surface area contributed by atoms with Gasteiger partial charge in [-0.3, -0.25) is 9.59 Å². The lowest BCUT2D eigenvalue weighted by Crippen LogP contribution is -2.36. The van der Waals surface area contributed by atoms with Crippen molar-refractivity contribution in [3.8, 4) is 0 Å². The molecule has 1 fully saturated rings. The molecular weight excluding hydrogens is 364 g/mol. The Kier molecular flexibility index (Phi) is 6.85. The first-order valence-corrected chi connectivity index (χ1v) is 9.50. The van der Waals surface area contributed by atoms with E-state index in [9.17, 15) is 9.59 Å². The lowest BCUT2D eigenvalue weighted by molar-refractivity contribution is -0.122. The van der Waals surface area contributed by atoms with E-state index in [0.29, 0.717) is 17.1 Å². The second-order valence-electron chi connectivity index (χ2n) is 6.56. The van der Waals surface area contributed by atoms with Gasteiger partial charge < -0.3 is 15.4 Å². The molecule has 0 radical (unpaired) electrons. The van der Waals surface area contributed by atoms with E-state index in [-0.39, 0.29) is 24.3 Å². The number of halogens is 1. The summed E-state index contributed by atoms with van der Waals surface area (Å²) in [7, 11) is 0. The molecule has 1 aliphatic rings. The van der Waals surface area contributed by atoms with Crippen LogP contribution in [0.5, 0.6) is 0 Å². The van der Waals surface area contributed by atoms with Gasteiger partial charge in [-0.2, -0.15) is 0 Å². The molecule has 2 aromatic rings. The Bertz CT molecular complexity index is 776. The van der Waals surface area contributed by atoms with Crippen molar-refractivity contribution >= 4 is 23.4 Å². The summed E-state index contributed by atoms with van der Waals surface area (Å²) in [6.07, 6.45) is 2.22. The summed E-state index contributed by atoms with van der Waals surface area (Å²) in [5.41, 5.74) is 1.25. The zero-order valence-corrected chi connectivity index (χ0v) is 15.7. The highest BCUT2D eigenvalue weighted by atomic mass is 35.5. The minimum Gasteiger partial charge on any atom is -0.376 e. The molecule has 0 saturated carbocycles. The molecule has 3 rings (SSSR count). The monoisotopic (exact) mass is 386 g/mol. The van der Waals surface area contributed by atoms with E-state index in [1.807, 2.05) is 30.3 Å². The highest BCUT2D eigenvalue weighted by Crippen LogP contribution is 2.20. The van der Waals surface area contributed by atoms with Crippen molar-refractivity contribution in [3.05, 3.63) is 70.7 Å². The summed E-state index contributed by atoms with van der Waals surface area (Å²) < 4.78 is 5.53. The number of benzene rings is 2. The third kappa shape index (κ3) is 5.55. The average molecular weight is 387 g/mol. The van der Waals surface area contributed by atoms with Crippen molar-refractivity contribution in [2.75, 3.05) is 13.2 Å². The maximum Gasteiger partial charge on any atom is 0.253 e. The molecular formula is C21H23ClN2O3. The van der Waals surface area contributed by atoms with Crippen molar-refractivity contribution in [3.63, 3.8) is 0 Å². The van der Waals surface area contributed by atoms with E-state index in [4.69, 9.17) is 16.3 Å². The normalized spacial score (nSPS) is 17.3. The van der Waals surface area contributed by atoms with Crippen LogP contribution in [-0.4, -0.2) is 31.1 Å². The Morgan fingerprint density at radius 2 is 1.85 bits per heavy atom. The molecule has 5 nitrogen and oxygen atoms in total. The fraction of sp³-hybridized carbons (Fsp3) is 0.333. The third-order valence-corrected chi connectivity index (χ3v) is 4.90. The number of carbonyl (C=O) groups is 2. The van der Waals surface area contributed by atoms with Crippen LogP contribution in [0.2, 0.25) is 5.02 Å². The smallest absolute Gasteiger partial charge is 0.253 e. The van der Waals surface area contributed by atoms with Crippen LogP contribution in [0.25, 0.3) is 0 Å². The summed E-state index contributed by atoms with van der Waals surface area (Å²) >= 11 is 6.12. The Morgan fingerprint density at radius 1 is 1.11 bits per heavy atom. The third-order valence-electron chi connectivity index (χ3n) is 4.57. The highest BCUT2D eigenvalue weighted by molar-refractivity contribution is 6.33. The van der Waals surface area contributed by atoms with E-state index >= 15 is 0 Å². The lowest BCUT2D eigenvalue weighted by Gasteiger charge is -2.20. The standard InChI is InChI=1S/C21H23ClN2O3/c22-18-11-5-4-10-17(18)21(26)24-19(15-7-2-1-3-8-15)13-20(25)23-14-16-9-6-12-27-16/h1-5,7-8,10-11,16,19H,6,9,12-14H2,(H,23,25)(H,24,26). The molecule has 0 spiro atoms. The first-order valence-electron chi connectivity index (χ1n) is 9.12. The first-order chi connectivity index (χ1) is 13.1. The summed E-state index contributed by atoms with van der Waals surface area (Å²) in [5.74, 6) is -0.430. The Hall–Kier alpha value is -2.37. The maximum absolute atomic E-state index is 12.7. The van der Waals surface area contributed by atoms with Crippen LogP contribution in [0, 0.1) is 0 Å². The molecule has 2 N–H and O–H groups in total. The minimum atomic E-state index is -0.445. The van der Waals surface area contributed by atoms with Crippen molar-refractivity contribution in [1.82, 2.24) is 10.6 Å². The Labute approximate surface area is 164 Å². The number of hydrogen-bond donors (Lipinski definition) is 2. The van der Waals surface area contributed by atoms with Crippen molar-refractivity contribution < 1.29 is 14.3 Å². The zero-order valence-electron chi connectivity index (χ0n) is 15.0. The number of amides is 2. The van der Waals surface area contributed by atoms with Crippen LogP contribution in [0.4, 0.5) is 0 Å². The molecule has 1 heterocycles. The van der Waals surface area contributed by atoms with Crippen molar-refractivity contribution in [2.45, 2.75) is 31.4 Å². The predicted molar refractivity (Wildman–Crippen MR) is 105 cm³/mol. The first kappa shape index (κ1) is 19.4. The molecule has 0 aliphatic carbocycles. The van der Waals surface area contributed by atoms with Gasteiger partial charge in [0.2, 0.25) is 5.91 Å². The van der Waals surface area contributed by atoms with E-state index in [0.717, 1.165) is 25.0 Å². The second-order valence-corrected chi connectivity index (χ2v) is 6.97. The SMILES string of the molecule is O=C(CC(NC(=O)c1ccccc1Cl)c1ccccc1)NCC1CCCO1. The largest absolute Gasteiger partial charge is 0.376 e. The van der Waals surface area contributed by atoms with E-state index in [2.05, 4.69) is 10.6 Å². The fourth-order valence-electron chi connectivity index (χ4n) is 3.11. The summed E-state index contributed by atoms with van der Waals surface area (Å²) in [6, 6.07) is 15.9. The lowest BCUT2D eigenvalue weighted by atomic mass is 10.0. The molecule has 0 aromatic heterocycles. The molecule has 2 amide bonds. The van der Waals surface area contributed by atoms with Gasteiger partial charge in [0, 0.05) is 13.2 Å². The van der Waals surface area contributed by atoms with Gasteiger partial charge in [0.15, 0.2) is 0 Å². The molecule has 0 bridgehead atoms. The highest BCUT2D eigenvalue weighted by Gasteiger charge is 2.22. The number of rotatable bonds is 7. The number of nitrogens with one attached hydrogen (secondary N) is 2. The van der Waals surface area contributed by atoms with Crippen LogP contribution in [0.15, 0.2) is 54.6 Å². The molecule has 27 heavy (non-hydrogen) atoms. The molecule has 2 atom stereocenters. The van der Waals surface area contributed by atoms with Gasteiger partial charge >= 0.3 is 0 Å². The summed E-state index contributed by atoms with van der Waals surface area (Å²) in [4.78, 5) is 25.1. The zero-order chi connectivity index (χ0) is 19.1. The van der Waals surface area contributed by atoms with Crippen molar-refractivity contribution in [1.29, 1.82) is 0 Å². The van der Waals surface area contributed by atoms with Gasteiger partial charge in [0.05, 0.1) is 29.2 Å². The van der Waals surface area contributed by atoms with Crippen LogP contribution in [-0.2, 0) is 9.53 Å². The quantitative estimate of drug-likeness (QED) is 0.765. The fourth-order valence-corrected chi connectivity index (χ4v) is 3.33. The van der Waals surface area contributed by atoms with Gasteiger partial charge in [-0.05, 0) is 30.5 Å². The Morgan fingerprint density at radius 3 is 2.56 bits per heavy atom.